The molecule has 0 aliphatic heterocycles. The molecule has 0 aromatic heterocycles. The Kier molecular flexibility index (Phi) is 6.64. The van der Waals surface area contributed by atoms with E-state index in [4.69, 9.17) is 5.11 Å². The van der Waals surface area contributed by atoms with Crippen molar-refractivity contribution in [3.63, 3.8) is 0 Å². The molecule has 0 saturated heterocycles. The van der Waals surface area contributed by atoms with Crippen LogP contribution in [0.4, 0.5) is 5.69 Å². The third kappa shape index (κ3) is 5.73. The van der Waals surface area contributed by atoms with Crippen molar-refractivity contribution in [1.29, 1.82) is 0 Å². The maximum atomic E-state index is 11.9. The van der Waals surface area contributed by atoms with E-state index in [9.17, 15) is 13.2 Å². The number of carboxylic acids is 1. The maximum Gasteiger partial charge on any atom is 0.306 e. The molecular weight excluding hydrogens is 292 g/mol. The number of sulfonamides is 1. The topological polar surface area (TPSA) is 95.5 Å². The monoisotopic (exact) mass is 314 g/mol. The van der Waals surface area contributed by atoms with E-state index >= 15 is 0 Å². The Morgan fingerprint density at radius 1 is 1.24 bits per heavy atom. The van der Waals surface area contributed by atoms with Crippen molar-refractivity contribution in [2.75, 3.05) is 18.4 Å². The van der Waals surface area contributed by atoms with Gasteiger partial charge in [0.15, 0.2) is 0 Å². The van der Waals surface area contributed by atoms with Gasteiger partial charge in [0.1, 0.15) is 0 Å². The summed E-state index contributed by atoms with van der Waals surface area (Å²) >= 11 is 0. The lowest BCUT2D eigenvalue weighted by atomic mass is 10.1. The number of benzene rings is 1. The van der Waals surface area contributed by atoms with Crippen molar-refractivity contribution >= 4 is 21.7 Å². The fourth-order valence-electron chi connectivity index (χ4n) is 1.63. The Morgan fingerprint density at radius 3 is 2.38 bits per heavy atom. The summed E-state index contributed by atoms with van der Waals surface area (Å²) in [6.45, 7) is 4.48. The van der Waals surface area contributed by atoms with Crippen LogP contribution < -0.4 is 10.0 Å². The smallest absolute Gasteiger partial charge is 0.306 e. The van der Waals surface area contributed by atoms with Gasteiger partial charge >= 0.3 is 5.97 Å². The molecule has 0 aliphatic rings. The van der Waals surface area contributed by atoms with Gasteiger partial charge in [-0.1, -0.05) is 13.8 Å². The molecule has 1 aromatic carbocycles. The lowest BCUT2D eigenvalue weighted by Crippen LogP contribution is -2.24. The molecule has 0 saturated carbocycles. The highest BCUT2D eigenvalue weighted by atomic mass is 32.2. The average Bonchev–Trinajstić information content (AvgIpc) is 2.45. The zero-order valence-corrected chi connectivity index (χ0v) is 13.1. The Bertz CT molecular complexity index is 555. The SMILES string of the molecule is CCCNS(=O)(=O)c1ccc(NCCC(C)C(=O)O)cc1. The number of hydrogen-bond donors (Lipinski definition) is 3. The number of anilines is 1. The van der Waals surface area contributed by atoms with E-state index in [1.807, 2.05) is 6.92 Å². The summed E-state index contributed by atoms with van der Waals surface area (Å²) in [5, 5.41) is 11.8. The molecule has 0 amide bonds. The molecule has 1 rings (SSSR count). The van der Waals surface area contributed by atoms with Gasteiger partial charge in [-0.05, 0) is 37.1 Å². The first-order chi connectivity index (χ1) is 9.86. The first-order valence-electron chi connectivity index (χ1n) is 6.93. The Hall–Kier alpha value is -1.60. The van der Waals surface area contributed by atoms with Gasteiger partial charge in [0.05, 0.1) is 10.8 Å². The van der Waals surface area contributed by atoms with Gasteiger partial charge < -0.3 is 10.4 Å². The summed E-state index contributed by atoms with van der Waals surface area (Å²) in [5.41, 5.74) is 0.766. The molecule has 0 fully saturated rings. The molecule has 7 heteroatoms. The Morgan fingerprint density at radius 2 is 1.86 bits per heavy atom. The van der Waals surface area contributed by atoms with Crippen LogP contribution in [0.5, 0.6) is 0 Å². The molecule has 21 heavy (non-hydrogen) atoms. The molecule has 1 atom stereocenters. The van der Waals surface area contributed by atoms with Crippen LogP contribution in [0.2, 0.25) is 0 Å². The summed E-state index contributed by atoms with van der Waals surface area (Å²) in [7, 11) is -3.44. The van der Waals surface area contributed by atoms with Crippen molar-refractivity contribution < 1.29 is 18.3 Å². The first-order valence-corrected chi connectivity index (χ1v) is 8.41. The van der Waals surface area contributed by atoms with Gasteiger partial charge in [0.25, 0.3) is 0 Å². The van der Waals surface area contributed by atoms with E-state index in [-0.39, 0.29) is 4.90 Å². The maximum absolute atomic E-state index is 11.9. The average molecular weight is 314 g/mol. The van der Waals surface area contributed by atoms with E-state index in [0.29, 0.717) is 19.5 Å². The molecule has 6 nitrogen and oxygen atoms in total. The van der Waals surface area contributed by atoms with Gasteiger partial charge in [-0.2, -0.15) is 0 Å². The summed E-state index contributed by atoms with van der Waals surface area (Å²) in [4.78, 5) is 10.9. The highest BCUT2D eigenvalue weighted by molar-refractivity contribution is 7.89. The predicted molar refractivity (Wildman–Crippen MR) is 81.8 cm³/mol. The minimum absolute atomic E-state index is 0.223. The molecule has 0 spiro atoms. The number of aliphatic carboxylic acids is 1. The fourth-order valence-corrected chi connectivity index (χ4v) is 2.76. The van der Waals surface area contributed by atoms with E-state index < -0.39 is 21.9 Å². The van der Waals surface area contributed by atoms with Gasteiger partial charge in [0.2, 0.25) is 10.0 Å². The highest BCUT2D eigenvalue weighted by Gasteiger charge is 2.13. The second-order valence-corrected chi connectivity index (χ2v) is 6.64. The molecule has 0 aliphatic carbocycles. The van der Waals surface area contributed by atoms with Crippen LogP contribution in [0.3, 0.4) is 0 Å². The minimum Gasteiger partial charge on any atom is -0.481 e. The van der Waals surface area contributed by atoms with Crippen molar-refractivity contribution in [2.45, 2.75) is 31.6 Å². The van der Waals surface area contributed by atoms with Crippen LogP contribution >= 0.6 is 0 Å². The zero-order valence-electron chi connectivity index (χ0n) is 12.3. The number of rotatable bonds is 9. The minimum atomic E-state index is -3.44. The summed E-state index contributed by atoms with van der Waals surface area (Å²) in [6, 6.07) is 6.40. The molecule has 118 valence electrons. The standard InChI is InChI=1S/C14H22N2O4S/c1-3-9-16-21(19,20)13-6-4-12(5-7-13)15-10-8-11(2)14(17)18/h4-7,11,15-16H,3,8-10H2,1-2H3,(H,17,18). The van der Waals surface area contributed by atoms with Gasteiger partial charge in [0, 0.05) is 18.8 Å². The first kappa shape index (κ1) is 17.5. The molecule has 1 unspecified atom stereocenters. The van der Waals surface area contributed by atoms with Crippen LogP contribution in [-0.4, -0.2) is 32.6 Å². The summed E-state index contributed by atoms with van der Waals surface area (Å²) in [5.74, 6) is -1.23. The second-order valence-electron chi connectivity index (χ2n) is 4.88. The van der Waals surface area contributed by atoms with Crippen LogP contribution in [0.1, 0.15) is 26.7 Å². The molecule has 1 aromatic rings. The molecular formula is C14H22N2O4S. The predicted octanol–water partition coefficient (Wildman–Crippen LogP) is 1.90. The molecule has 3 N–H and O–H groups in total. The zero-order chi connectivity index (χ0) is 15.9. The largest absolute Gasteiger partial charge is 0.481 e. The number of carboxylic acid groups (broad SMARTS) is 1. The van der Waals surface area contributed by atoms with Crippen molar-refractivity contribution in [3.8, 4) is 0 Å². The number of nitrogens with one attached hydrogen (secondary N) is 2. The van der Waals surface area contributed by atoms with E-state index in [1.165, 1.54) is 12.1 Å². The fraction of sp³-hybridized carbons (Fsp3) is 0.500. The van der Waals surface area contributed by atoms with Crippen molar-refractivity contribution in [1.82, 2.24) is 4.72 Å². The van der Waals surface area contributed by atoms with Gasteiger partial charge in [-0.25, -0.2) is 13.1 Å². The van der Waals surface area contributed by atoms with Gasteiger partial charge in [-0.3, -0.25) is 4.79 Å². The van der Waals surface area contributed by atoms with Gasteiger partial charge in [-0.15, -0.1) is 0 Å². The van der Waals surface area contributed by atoms with Crippen LogP contribution in [0.15, 0.2) is 29.2 Å². The highest BCUT2D eigenvalue weighted by Crippen LogP contribution is 2.14. The van der Waals surface area contributed by atoms with Crippen LogP contribution in [0, 0.1) is 5.92 Å². The van der Waals surface area contributed by atoms with E-state index in [0.717, 1.165) is 12.1 Å². The molecule has 0 bridgehead atoms. The Labute approximate surface area is 125 Å². The van der Waals surface area contributed by atoms with E-state index in [1.54, 1.807) is 19.1 Å². The van der Waals surface area contributed by atoms with Crippen molar-refractivity contribution in [3.05, 3.63) is 24.3 Å². The summed E-state index contributed by atoms with van der Waals surface area (Å²) in [6.07, 6.45) is 1.24. The Balaban J connectivity index is 2.56. The summed E-state index contributed by atoms with van der Waals surface area (Å²) < 4.78 is 26.3. The number of carbonyl (C=O) groups is 1. The normalized spacial score (nSPS) is 12.9. The third-order valence-electron chi connectivity index (χ3n) is 3.03. The van der Waals surface area contributed by atoms with Crippen molar-refractivity contribution in [2.24, 2.45) is 5.92 Å². The van der Waals surface area contributed by atoms with E-state index in [2.05, 4.69) is 10.0 Å². The lowest BCUT2D eigenvalue weighted by Gasteiger charge is -2.10. The second kappa shape index (κ2) is 7.99. The number of hydrogen-bond acceptors (Lipinski definition) is 4. The third-order valence-corrected chi connectivity index (χ3v) is 4.51. The quantitative estimate of drug-likeness (QED) is 0.647. The van der Waals surface area contributed by atoms with Crippen LogP contribution in [0.25, 0.3) is 0 Å². The molecule has 0 radical (unpaired) electrons. The van der Waals surface area contributed by atoms with Crippen LogP contribution in [-0.2, 0) is 14.8 Å². The lowest BCUT2D eigenvalue weighted by molar-refractivity contribution is -0.141. The molecule has 0 heterocycles.